The van der Waals surface area contributed by atoms with E-state index < -0.39 is 0 Å². The minimum atomic E-state index is 0.596. The normalized spacial score (nSPS) is 32.8. The fourth-order valence-electron chi connectivity index (χ4n) is 4.21. The Labute approximate surface area is 101 Å². The largest absolute Gasteiger partial charge is 0.391 e. The minimum Gasteiger partial charge on any atom is -0.391 e. The van der Waals surface area contributed by atoms with Crippen LogP contribution >= 0.6 is 0 Å². The van der Waals surface area contributed by atoms with E-state index in [1.165, 1.54) is 57.8 Å². The number of hydrogen-bond acceptors (Lipinski definition) is 1. The van der Waals surface area contributed by atoms with Gasteiger partial charge in [0.25, 0.3) is 0 Å². The van der Waals surface area contributed by atoms with Crippen molar-refractivity contribution in [2.45, 2.75) is 64.7 Å². The Morgan fingerprint density at radius 3 is 2.50 bits per heavy atom. The van der Waals surface area contributed by atoms with E-state index in [1.807, 2.05) is 6.20 Å². The van der Waals surface area contributed by atoms with E-state index in [9.17, 15) is 0 Å². The zero-order valence-electron chi connectivity index (χ0n) is 10.9. The highest BCUT2D eigenvalue weighted by molar-refractivity contribution is 4.95. The van der Waals surface area contributed by atoms with Gasteiger partial charge in [-0.25, -0.2) is 0 Å². The molecule has 0 aromatic heterocycles. The van der Waals surface area contributed by atoms with Crippen LogP contribution in [0.3, 0.4) is 0 Å². The van der Waals surface area contributed by atoms with Crippen LogP contribution in [0, 0.1) is 10.8 Å². The lowest BCUT2D eigenvalue weighted by molar-refractivity contribution is 0.0686. The first-order chi connectivity index (χ1) is 7.68. The Kier molecular flexibility index (Phi) is 3.61. The molecule has 1 nitrogen and oxygen atoms in total. The maximum absolute atomic E-state index is 3.73. The van der Waals surface area contributed by atoms with Crippen molar-refractivity contribution in [1.82, 2.24) is 5.32 Å². The van der Waals surface area contributed by atoms with E-state index in [0.717, 1.165) is 12.0 Å². The maximum atomic E-state index is 3.73. The molecule has 1 atom stereocenters. The zero-order valence-corrected chi connectivity index (χ0v) is 10.9. The van der Waals surface area contributed by atoms with Crippen molar-refractivity contribution < 1.29 is 0 Å². The summed E-state index contributed by atoms with van der Waals surface area (Å²) in [6.45, 7) is 7.34. The van der Waals surface area contributed by atoms with E-state index in [1.54, 1.807) is 0 Å². The average molecular weight is 221 g/mol. The Hall–Kier alpha value is -0.460. The van der Waals surface area contributed by atoms with Gasteiger partial charge in [0, 0.05) is 6.54 Å². The lowest BCUT2D eigenvalue weighted by atomic mass is 9.61. The van der Waals surface area contributed by atoms with Crippen molar-refractivity contribution in [2.75, 3.05) is 6.54 Å². The number of hydrogen-bond donors (Lipinski definition) is 1. The van der Waals surface area contributed by atoms with Gasteiger partial charge in [-0.15, -0.1) is 0 Å². The standard InChI is InChI=1S/C15H27N/c1-3-16-12-11-14(2)7-6-10-15(13-14)8-4-5-9-15/h3,16H,1,4-13H2,2H3. The molecular weight excluding hydrogens is 194 g/mol. The fourth-order valence-corrected chi connectivity index (χ4v) is 4.21. The summed E-state index contributed by atoms with van der Waals surface area (Å²) in [6.07, 6.45) is 15.0. The molecule has 0 aromatic rings. The van der Waals surface area contributed by atoms with Crippen molar-refractivity contribution in [2.24, 2.45) is 10.8 Å². The highest BCUT2D eigenvalue weighted by atomic mass is 14.8. The van der Waals surface area contributed by atoms with Crippen molar-refractivity contribution >= 4 is 0 Å². The summed E-state index contributed by atoms with van der Waals surface area (Å²) in [5.41, 5.74) is 1.35. The number of nitrogens with one attached hydrogen (secondary N) is 1. The van der Waals surface area contributed by atoms with Gasteiger partial charge in [0.05, 0.1) is 0 Å². The molecule has 0 saturated heterocycles. The van der Waals surface area contributed by atoms with E-state index in [0.29, 0.717) is 5.41 Å². The molecular formula is C15H27N. The van der Waals surface area contributed by atoms with Crippen LogP contribution in [-0.2, 0) is 0 Å². The molecule has 1 N–H and O–H groups in total. The maximum Gasteiger partial charge on any atom is 0.0146 e. The second-order valence-electron chi connectivity index (χ2n) is 6.46. The van der Waals surface area contributed by atoms with Crippen molar-refractivity contribution in [3.63, 3.8) is 0 Å². The molecule has 0 radical (unpaired) electrons. The SMILES string of the molecule is C=CNCCC1(C)CCCC2(CCCC2)C1. The van der Waals surface area contributed by atoms with Crippen molar-refractivity contribution in [1.29, 1.82) is 0 Å². The van der Waals surface area contributed by atoms with E-state index in [2.05, 4.69) is 18.8 Å². The molecule has 1 heteroatoms. The van der Waals surface area contributed by atoms with Gasteiger partial charge in [-0.3, -0.25) is 0 Å². The Bertz CT molecular complexity index is 240. The Morgan fingerprint density at radius 1 is 1.12 bits per heavy atom. The number of rotatable bonds is 4. The lowest BCUT2D eigenvalue weighted by Crippen LogP contribution is -2.34. The van der Waals surface area contributed by atoms with Gasteiger partial charge in [-0.05, 0) is 55.6 Å². The summed E-state index contributed by atoms with van der Waals surface area (Å²) < 4.78 is 0. The molecule has 1 unspecified atom stereocenters. The second kappa shape index (κ2) is 4.81. The predicted molar refractivity (Wildman–Crippen MR) is 70.3 cm³/mol. The monoisotopic (exact) mass is 221 g/mol. The third-order valence-electron chi connectivity index (χ3n) is 4.97. The molecule has 2 saturated carbocycles. The third-order valence-corrected chi connectivity index (χ3v) is 4.97. The van der Waals surface area contributed by atoms with Crippen LogP contribution in [0.25, 0.3) is 0 Å². The molecule has 16 heavy (non-hydrogen) atoms. The third kappa shape index (κ3) is 2.61. The van der Waals surface area contributed by atoms with Crippen LogP contribution in [0.15, 0.2) is 12.8 Å². The van der Waals surface area contributed by atoms with Gasteiger partial charge in [-0.1, -0.05) is 32.8 Å². The van der Waals surface area contributed by atoms with Gasteiger partial charge in [0.15, 0.2) is 0 Å². The smallest absolute Gasteiger partial charge is 0.0146 e. The Morgan fingerprint density at radius 2 is 1.81 bits per heavy atom. The molecule has 0 bridgehead atoms. The summed E-state index contributed by atoms with van der Waals surface area (Å²) in [5, 5.41) is 3.26. The molecule has 2 aliphatic carbocycles. The van der Waals surface area contributed by atoms with Crippen LogP contribution in [0.4, 0.5) is 0 Å². The van der Waals surface area contributed by atoms with E-state index in [4.69, 9.17) is 0 Å². The predicted octanol–water partition coefficient (Wildman–Crippen LogP) is 4.25. The molecule has 2 fully saturated rings. The summed E-state index contributed by atoms with van der Waals surface area (Å²) in [4.78, 5) is 0. The molecule has 0 heterocycles. The van der Waals surface area contributed by atoms with Crippen LogP contribution < -0.4 is 5.32 Å². The second-order valence-corrected chi connectivity index (χ2v) is 6.46. The van der Waals surface area contributed by atoms with E-state index >= 15 is 0 Å². The quantitative estimate of drug-likeness (QED) is 0.700. The minimum absolute atomic E-state index is 0.596. The van der Waals surface area contributed by atoms with Crippen LogP contribution in [-0.4, -0.2) is 6.54 Å². The molecule has 1 spiro atoms. The molecule has 2 rings (SSSR count). The van der Waals surface area contributed by atoms with Crippen LogP contribution in [0.5, 0.6) is 0 Å². The highest BCUT2D eigenvalue weighted by Gasteiger charge is 2.43. The summed E-state index contributed by atoms with van der Waals surface area (Å²) in [7, 11) is 0. The van der Waals surface area contributed by atoms with Gasteiger partial charge in [-0.2, -0.15) is 0 Å². The van der Waals surface area contributed by atoms with Gasteiger partial charge < -0.3 is 5.32 Å². The van der Waals surface area contributed by atoms with Gasteiger partial charge in [0.1, 0.15) is 0 Å². The summed E-state index contributed by atoms with van der Waals surface area (Å²) >= 11 is 0. The fraction of sp³-hybridized carbons (Fsp3) is 0.867. The highest BCUT2D eigenvalue weighted by Crippen LogP contribution is 2.55. The molecule has 0 aromatic carbocycles. The first-order valence-corrected chi connectivity index (χ1v) is 7.03. The van der Waals surface area contributed by atoms with Gasteiger partial charge in [0.2, 0.25) is 0 Å². The molecule has 2 aliphatic rings. The average Bonchev–Trinajstić information content (AvgIpc) is 2.66. The van der Waals surface area contributed by atoms with E-state index in [-0.39, 0.29) is 0 Å². The molecule has 0 amide bonds. The zero-order chi connectivity index (χ0) is 11.5. The Balaban J connectivity index is 1.91. The van der Waals surface area contributed by atoms with Crippen LogP contribution in [0.1, 0.15) is 64.7 Å². The lowest BCUT2D eigenvalue weighted by Gasteiger charge is -2.45. The first kappa shape index (κ1) is 12.0. The summed E-state index contributed by atoms with van der Waals surface area (Å²) in [5.74, 6) is 0. The van der Waals surface area contributed by atoms with Crippen LogP contribution in [0.2, 0.25) is 0 Å². The van der Waals surface area contributed by atoms with Crippen molar-refractivity contribution in [3.8, 4) is 0 Å². The first-order valence-electron chi connectivity index (χ1n) is 7.03. The molecule has 0 aliphatic heterocycles. The van der Waals surface area contributed by atoms with Gasteiger partial charge >= 0.3 is 0 Å². The molecule has 92 valence electrons. The topological polar surface area (TPSA) is 12.0 Å². The summed E-state index contributed by atoms with van der Waals surface area (Å²) in [6, 6.07) is 0. The van der Waals surface area contributed by atoms with Crippen molar-refractivity contribution in [3.05, 3.63) is 12.8 Å².